The molecule has 1 aromatic heterocycles. The number of hydrogen-bond acceptors (Lipinski definition) is 2. The van der Waals surface area contributed by atoms with E-state index < -0.39 is 0 Å². The SMILES string of the molecule is CCNC(=NCCc1cn2c(n1)CCCC2)NC(C)C.I. The number of rotatable bonds is 5. The van der Waals surface area contributed by atoms with E-state index in [2.05, 4.69) is 47.2 Å². The van der Waals surface area contributed by atoms with Gasteiger partial charge in [0, 0.05) is 44.7 Å². The van der Waals surface area contributed by atoms with Crippen molar-refractivity contribution in [2.45, 2.75) is 59.0 Å². The molecule has 2 rings (SSSR count). The lowest BCUT2D eigenvalue weighted by Crippen LogP contribution is -2.41. The summed E-state index contributed by atoms with van der Waals surface area (Å²) < 4.78 is 2.31. The van der Waals surface area contributed by atoms with Gasteiger partial charge >= 0.3 is 0 Å². The van der Waals surface area contributed by atoms with Gasteiger partial charge in [0.15, 0.2) is 5.96 Å². The molecule has 21 heavy (non-hydrogen) atoms. The number of aromatic nitrogens is 2. The van der Waals surface area contributed by atoms with Crippen LogP contribution in [0.15, 0.2) is 11.2 Å². The number of hydrogen-bond donors (Lipinski definition) is 2. The Balaban J connectivity index is 0.00000220. The Bertz CT molecular complexity index is 429. The third-order valence-electron chi connectivity index (χ3n) is 3.37. The molecule has 5 nitrogen and oxygen atoms in total. The molecule has 0 fully saturated rings. The largest absolute Gasteiger partial charge is 0.357 e. The van der Waals surface area contributed by atoms with Crippen LogP contribution in [-0.4, -0.2) is 34.6 Å². The normalized spacial score (nSPS) is 14.6. The fourth-order valence-corrected chi connectivity index (χ4v) is 2.47. The maximum Gasteiger partial charge on any atom is 0.191 e. The molecule has 0 atom stereocenters. The van der Waals surface area contributed by atoms with Crippen molar-refractivity contribution in [3.8, 4) is 0 Å². The Kier molecular flexibility index (Phi) is 8.06. The van der Waals surface area contributed by atoms with Gasteiger partial charge in [-0.1, -0.05) is 0 Å². The Morgan fingerprint density at radius 1 is 1.43 bits per heavy atom. The fourth-order valence-electron chi connectivity index (χ4n) is 2.47. The van der Waals surface area contributed by atoms with E-state index in [1.54, 1.807) is 0 Å². The second-order valence-electron chi connectivity index (χ2n) is 5.61. The predicted octanol–water partition coefficient (Wildman–Crippen LogP) is 2.34. The summed E-state index contributed by atoms with van der Waals surface area (Å²) in [7, 11) is 0. The fraction of sp³-hybridized carbons (Fsp3) is 0.733. The van der Waals surface area contributed by atoms with Crippen molar-refractivity contribution in [3.05, 3.63) is 17.7 Å². The summed E-state index contributed by atoms with van der Waals surface area (Å²) in [5.74, 6) is 2.15. The smallest absolute Gasteiger partial charge is 0.191 e. The van der Waals surface area contributed by atoms with Gasteiger partial charge in [-0.05, 0) is 33.6 Å². The molecule has 0 saturated carbocycles. The van der Waals surface area contributed by atoms with Gasteiger partial charge in [0.05, 0.1) is 5.69 Å². The van der Waals surface area contributed by atoms with Crippen LogP contribution in [0.4, 0.5) is 0 Å². The topological polar surface area (TPSA) is 54.2 Å². The van der Waals surface area contributed by atoms with Gasteiger partial charge in [-0.2, -0.15) is 0 Å². The first kappa shape index (κ1) is 18.3. The monoisotopic (exact) mass is 405 g/mol. The molecule has 0 amide bonds. The van der Waals surface area contributed by atoms with Crippen LogP contribution in [-0.2, 0) is 19.4 Å². The first-order valence-electron chi connectivity index (χ1n) is 7.78. The van der Waals surface area contributed by atoms with Crippen LogP contribution in [0.3, 0.4) is 0 Å². The van der Waals surface area contributed by atoms with E-state index in [4.69, 9.17) is 4.98 Å². The van der Waals surface area contributed by atoms with Crippen molar-refractivity contribution in [1.29, 1.82) is 0 Å². The minimum Gasteiger partial charge on any atom is -0.357 e. The Labute approximate surface area is 145 Å². The molecule has 0 saturated heterocycles. The summed E-state index contributed by atoms with van der Waals surface area (Å²) >= 11 is 0. The molecule has 2 heterocycles. The number of aryl methyl sites for hydroxylation is 2. The van der Waals surface area contributed by atoms with Gasteiger partial charge < -0.3 is 15.2 Å². The second kappa shape index (κ2) is 9.27. The molecule has 1 aliphatic heterocycles. The van der Waals surface area contributed by atoms with Crippen molar-refractivity contribution in [2.75, 3.05) is 13.1 Å². The van der Waals surface area contributed by atoms with Crippen molar-refractivity contribution in [2.24, 2.45) is 4.99 Å². The van der Waals surface area contributed by atoms with Crippen LogP contribution < -0.4 is 10.6 Å². The molecule has 0 radical (unpaired) electrons. The van der Waals surface area contributed by atoms with Crippen molar-refractivity contribution in [1.82, 2.24) is 20.2 Å². The summed E-state index contributed by atoms with van der Waals surface area (Å²) in [5, 5.41) is 6.59. The predicted molar refractivity (Wildman–Crippen MR) is 98.5 cm³/mol. The zero-order valence-electron chi connectivity index (χ0n) is 13.4. The van der Waals surface area contributed by atoms with Crippen LogP contribution in [0.1, 0.15) is 45.1 Å². The highest BCUT2D eigenvalue weighted by Crippen LogP contribution is 2.14. The number of guanidine groups is 1. The number of nitrogens with one attached hydrogen (secondary N) is 2. The third kappa shape index (κ3) is 5.84. The Hall–Kier alpha value is -0.790. The summed E-state index contributed by atoms with van der Waals surface area (Å²) in [4.78, 5) is 9.31. The average Bonchev–Trinajstić information content (AvgIpc) is 2.80. The summed E-state index contributed by atoms with van der Waals surface area (Å²) in [6, 6.07) is 0.396. The third-order valence-corrected chi connectivity index (χ3v) is 3.37. The van der Waals surface area contributed by atoms with E-state index in [9.17, 15) is 0 Å². The molecule has 0 aromatic carbocycles. The zero-order chi connectivity index (χ0) is 14.4. The molecule has 6 heteroatoms. The van der Waals surface area contributed by atoms with Crippen molar-refractivity contribution < 1.29 is 0 Å². The van der Waals surface area contributed by atoms with Gasteiger partial charge in [0.2, 0.25) is 0 Å². The van der Waals surface area contributed by atoms with E-state index in [1.807, 2.05) is 0 Å². The molecular formula is C15H28IN5. The van der Waals surface area contributed by atoms with Gasteiger partial charge in [-0.15, -0.1) is 24.0 Å². The number of nitrogens with zero attached hydrogens (tertiary/aromatic N) is 3. The minimum atomic E-state index is 0. The molecule has 1 aromatic rings. The van der Waals surface area contributed by atoms with Gasteiger partial charge in [0.25, 0.3) is 0 Å². The first-order valence-corrected chi connectivity index (χ1v) is 7.78. The molecule has 0 unspecified atom stereocenters. The van der Waals surface area contributed by atoms with Gasteiger partial charge in [-0.3, -0.25) is 4.99 Å². The molecular weight excluding hydrogens is 377 g/mol. The molecule has 2 N–H and O–H groups in total. The van der Waals surface area contributed by atoms with E-state index in [1.165, 1.54) is 24.4 Å². The number of halogens is 1. The van der Waals surface area contributed by atoms with Crippen LogP contribution in [0.25, 0.3) is 0 Å². The van der Waals surface area contributed by atoms with Crippen LogP contribution in [0.5, 0.6) is 0 Å². The number of aliphatic imine (C=N–C) groups is 1. The van der Waals surface area contributed by atoms with Crippen LogP contribution in [0, 0.1) is 0 Å². The Morgan fingerprint density at radius 3 is 2.90 bits per heavy atom. The number of fused-ring (bicyclic) bond motifs is 1. The molecule has 1 aliphatic rings. The summed E-state index contributed by atoms with van der Waals surface area (Å²) in [6.07, 6.45) is 6.80. The van der Waals surface area contributed by atoms with Gasteiger partial charge in [0.1, 0.15) is 5.82 Å². The van der Waals surface area contributed by atoms with Crippen LogP contribution in [0.2, 0.25) is 0 Å². The maximum absolute atomic E-state index is 4.71. The minimum absolute atomic E-state index is 0. The number of imidazole rings is 1. The van der Waals surface area contributed by atoms with E-state index >= 15 is 0 Å². The molecule has 120 valence electrons. The summed E-state index contributed by atoms with van der Waals surface area (Å²) in [5.41, 5.74) is 1.17. The Morgan fingerprint density at radius 2 is 2.24 bits per heavy atom. The van der Waals surface area contributed by atoms with Crippen molar-refractivity contribution in [3.63, 3.8) is 0 Å². The lowest BCUT2D eigenvalue weighted by molar-refractivity contribution is 0.522. The molecule has 0 bridgehead atoms. The quantitative estimate of drug-likeness (QED) is 0.449. The standard InChI is InChI=1S/C15H27N5.HI/c1-4-16-15(18-12(2)3)17-9-8-13-11-20-10-6-5-7-14(20)19-13;/h11-12H,4-10H2,1-3H3,(H2,16,17,18);1H. The van der Waals surface area contributed by atoms with E-state index in [0.717, 1.165) is 38.4 Å². The summed E-state index contributed by atoms with van der Waals surface area (Å²) in [6.45, 7) is 9.12. The molecule has 0 aliphatic carbocycles. The lowest BCUT2D eigenvalue weighted by Gasteiger charge is -2.13. The highest BCUT2D eigenvalue weighted by Gasteiger charge is 2.11. The second-order valence-corrected chi connectivity index (χ2v) is 5.61. The van der Waals surface area contributed by atoms with Gasteiger partial charge in [-0.25, -0.2) is 4.98 Å². The average molecular weight is 405 g/mol. The first-order chi connectivity index (χ1) is 9.69. The highest BCUT2D eigenvalue weighted by atomic mass is 127. The maximum atomic E-state index is 4.71. The molecule has 0 spiro atoms. The van der Waals surface area contributed by atoms with E-state index in [-0.39, 0.29) is 24.0 Å². The lowest BCUT2D eigenvalue weighted by atomic mass is 10.2. The van der Waals surface area contributed by atoms with Crippen molar-refractivity contribution >= 4 is 29.9 Å². The highest BCUT2D eigenvalue weighted by molar-refractivity contribution is 14.0. The zero-order valence-corrected chi connectivity index (χ0v) is 15.7. The van der Waals surface area contributed by atoms with Crippen LogP contribution >= 0.6 is 24.0 Å². The van der Waals surface area contributed by atoms with E-state index in [0.29, 0.717) is 6.04 Å².